The van der Waals surface area contributed by atoms with Crippen LogP contribution in [-0.4, -0.2) is 56.2 Å². The number of ether oxygens (including phenoxy) is 1. The van der Waals surface area contributed by atoms with Gasteiger partial charge in [-0.2, -0.15) is 0 Å². The highest BCUT2D eigenvalue weighted by Crippen LogP contribution is 2.45. The van der Waals surface area contributed by atoms with Gasteiger partial charge < -0.3 is 19.3 Å². The molecule has 7 nitrogen and oxygen atoms in total. The van der Waals surface area contributed by atoms with E-state index in [4.69, 9.17) is 26.3 Å². The molecular weight excluding hydrogens is 580 g/mol. The summed E-state index contributed by atoms with van der Waals surface area (Å²) in [4.78, 5) is 24.9. The van der Waals surface area contributed by atoms with Gasteiger partial charge in [0.25, 0.3) is 0 Å². The van der Waals surface area contributed by atoms with Gasteiger partial charge >= 0.3 is 5.97 Å². The molecule has 0 fully saturated rings. The van der Waals surface area contributed by atoms with Gasteiger partial charge in [-0.15, -0.1) is 11.3 Å². The van der Waals surface area contributed by atoms with Crippen molar-refractivity contribution in [1.29, 1.82) is 0 Å². The second-order valence-electron chi connectivity index (χ2n) is 12.3. The molecule has 222 valence electrons. The van der Waals surface area contributed by atoms with Crippen LogP contribution in [0, 0.1) is 6.92 Å². The minimum atomic E-state index is -1.16. The predicted octanol–water partition coefficient (Wildman–Crippen LogP) is 8.14. The zero-order valence-electron chi connectivity index (χ0n) is 25.2. The van der Waals surface area contributed by atoms with Crippen molar-refractivity contribution >= 4 is 55.7 Å². The number of likely N-dealkylation sites (N-methyl/N-ethyl adjacent to an activating group) is 1. The van der Waals surface area contributed by atoms with Gasteiger partial charge in [0.2, 0.25) is 0 Å². The van der Waals surface area contributed by atoms with Crippen LogP contribution < -0.4 is 0 Å². The first kappa shape index (κ1) is 29.5. The Morgan fingerprint density at radius 2 is 1.88 bits per heavy atom. The van der Waals surface area contributed by atoms with E-state index in [1.54, 1.807) is 11.3 Å². The van der Waals surface area contributed by atoms with Crippen molar-refractivity contribution in [3.8, 4) is 21.7 Å². The molecule has 6 rings (SSSR count). The van der Waals surface area contributed by atoms with Crippen molar-refractivity contribution < 1.29 is 14.6 Å². The number of hydrogen-bond donors (Lipinski definition) is 1. The molecule has 43 heavy (non-hydrogen) atoms. The molecule has 1 aliphatic rings. The van der Waals surface area contributed by atoms with Gasteiger partial charge in [0.1, 0.15) is 10.7 Å². The molecule has 1 atom stereocenters. The van der Waals surface area contributed by atoms with Crippen LogP contribution in [-0.2, 0) is 16.6 Å². The second kappa shape index (κ2) is 11.2. The van der Waals surface area contributed by atoms with Gasteiger partial charge in [0.15, 0.2) is 6.10 Å². The Morgan fingerprint density at radius 1 is 1.14 bits per heavy atom. The van der Waals surface area contributed by atoms with Crippen molar-refractivity contribution in [2.45, 2.75) is 45.8 Å². The maximum atomic E-state index is 12.7. The monoisotopic (exact) mass is 614 g/mol. The van der Waals surface area contributed by atoms with Gasteiger partial charge in [-0.05, 0) is 82.1 Å². The number of aryl methyl sites for hydroxylation is 2. The van der Waals surface area contributed by atoms with E-state index in [-0.39, 0.29) is 0 Å². The zero-order chi connectivity index (χ0) is 30.6. The first-order valence-electron chi connectivity index (χ1n) is 14.3. The van der Waals surface area contributed by atoms with Crippen LogP contribution >= 0.6 is 22.9 Å². The first-order valence-corrected chi connectivity index (χ1v) is 15.5. The molecule has 5 aromatic rings. The lowest BCUT2D eigenvalue weighted by Crippen LogP contribution is -2.28. The van der Waals surface area contributed by atoms with Gasteiger partial charge in [0, 0.05) is 65.2 Å². The summed E-state index contributed by atoms with van der Waals surface area (Å²) < 4.78 is 9.14. The largest absolute Gasteiger partial charge is 0.479 e. The third-order valence-electron chi connectivity index (χ3n) is 7.84. The lowest BCUT2D eigenvalue weighted by Gasteiger charge is -2.28. The van der Waals surface area contributed by atoms with E-state index < -0.39 is 17.7 Å². The highest BCUT2D eigenvalue weighted by molar-refractivity contribution is 7.22. The number of thiazole rings is 1. The number of nitrogens with zero attached hydrogens (tertiary/aromatic N) is 4. The number of rotatable bonds is 6. The number of carbonyl (C=O) groups is 1. The Morgan fingerprint density at radius 3 is 2.53 bits per heavy atom. The third-order valence-corrected chi connectivity index (χ3v) is 9.23. The minimum absolute atomic E-state index is 0.609. The van der Waals surface area contributed by atoms with Crippen LogP contribution in [0.1, 0.15) is 50.0 Å². The molecule has 1 aliphatic heterocycles. The highest BCUT2D eigenvalue weighted by atomic mass is 35.5. The van der Waals surface area contributed by atoms with Gasteiger partial charge in [-0.1, -0.05) is 29.8 Å². The summed E-state index contributed by atoms with van der Waals surface area (Å²) in [6.45, 7) is 9.49. The maximum absolute atomic E-state index is 12.7. The fourth-order valence-corrected chi connectivity index (χ4v) is 7.04. The molecular formula is C34H35ClN4O3S. The smallest absolute Gasteiger partial charge is 0.337 e. The lowest BCUT2D eigenvalue weighted by molar-refractivity contribution is -0.160. The summed E-state index contributed by atoms with van der Waals surface area (Å²) in [5.41, 5.74) is 7.65. The van der Waals surface area contributed by atoms with Gasteiger partial charge in [0.05, 0.1) is 15.8 Å². The lowest BCUT2D eigenvalue weighted by atomic mass is 9.91. The highest BCUT2D eigenvalue weighted by Gasteiger charge is 2.32. The van der Waals surface area contributed by atoms with Crippen molar-refractivity contribution in [1.82, 2.24) is 19.4 Å². The van der Waals surface area contributed by atoms with E-state index in [1.807, 2.05) is 71.3 Å². The standard InChI is InChI=1S/C34H35ClN4O3S/c1-19-15-26-30(28(21-7-9-23(35)10-8-21)27(19)29(33(40)41)42-34(2,3)4)43-32(37-26)22-16-24-25(18-39(6)31(24)36-17-22)20-11-13-38(5)14-12-20/h7-11,15-18,29H,12-14H2,1-6H3,(H,40,41)/t29-/m0/s1. The van der Waals surface area contributed by atoms with Gasteiger partial charge in [-0.3, -0.25) is 0 Å². The number of fused-ring (bicyclic) bond motifs is 2. The van der Waals surface area contributed by atoms with Crippen molar-refractivity contribution in [3.05, 3.63) is 76.6 Å². The average Bonchev–Trinajstić information content (AvgIpc) is 3.52. The SMILES string of the molecule is Cc1cc2nc(-c3cnc4c(c3)c(C3=CCN(C)CC3)cn4C)sc2c(-c2ccc(Cl)cc2)c1[C@H](OC(C)(C)C)C(=O)O. The molecule has 0 amide bonds. The molecule has 0 radical (unpaired) electrons. The fraction of sp³-hybridized carbons (Fsp3) is 0.324. The Kier molecular flexibility index (Phi) is 7.67. The number of carboxylic acids is 1. The van der Waals surface area contributed by atoms with E-state index in [9.17, 15) is 9.90 Å². The average molecular weight is 615 g/mol. The summed E-state index contributed by atoms with van der Waals surface area (Å²) >= 11 is 7.80. The number of aromatic nitrogens is 3. The summed E-state index contributed by atoms with van der Waals surface area (Å²) in [7, 11) is 4.18. The topological polar surface area (TPSA) is 80.5 Å². The maximum Gasteiger partial charge on any atom is 0.337 e. The number of halogens is 1. The van der Waals surface area contributed by atoms with Crippen molar-refractivity contribution in [2.75, 3.05) is 20.1 Å². The van der Waals surface area contributed by atoms with Crippen LogP contribution in [0.3, 0.4) is 0 Å². The van der Waals surface area contributed by atoms with Crippen LogP contribution in [0.5, 0.6) is 0 Å². The second-order valence-corrected chi connectivity index (χ2v) is 13.7. The van der Waals surface area contributed by atoms with Crippen molar-refractivity contribution in [2.24, 2.45) is 7.05 Å². The Bertz CT molecular complexity index is 1900. The summed E-state index contributed by atoms with van der Waals surface area (Å²) in [6.07, 6.45) is 6.20. The van der Waals surface area contributed by atoms with E-state index in [2.05, 4.69) is 34.9 Å². The molecule has 3 aromatic heterocycles. The summed E-state index contributed by atoms with van der Waals surface area (Å²) in [5.74, 6) is -1.04. The Hall–Kier alpha value is -3.56. The summed E-state index contributed by atoms with van der Waals surface area (Å²) in [6, 6.07) is 11.7. The van der Waals surface area contributed by atoms with E-state index in [1.165, 1.54) is 11.1 Å². The number of aliphatic carboxylic acids is 1. The number of benzene rings is 2. The van der Waals surface area contributed by atoms with E-state index in [0.29, 0.717) is 10.6 Å². The van der Waals surface area contributed by atoms with E-state index >= 15 is 0 Å². The van der Waals surface area contributed by atoms with Crippen LogP contribution in [0.15, 0.2) is 54.9 Å². The predicted molar refractivity (Wildman–Crippen MR) is 176 cm³/mol. The molecule has 9 heteroatoms. The Labute approximate surface area is 260 Å². The number of carboxylic acid groups (broad SMARTS) is 1. The molecule has 0 aliphatic carbocycles. The molecule has 0 bridgehead atoms. The van der Waals surface area contributed by atoms with Gasteiger partial charge in [-0.25, -0.2) is 14.8 Å². The third kappa shape index (κ3) is 5.72. The number of hydrogen-bond acceptors (Lipinski definition) is 6. The van der Waals surface area contributed by atoms with E-state index in [0.717, 1.165) is 68.0 Å². The zero-order valence-corrected chi connectivity index (χ0v) is 26.8. The molecule has 0 saturated carbocycles. The summed E-state index contributed by atoms with van der Waals surface area (Å²) in [5, 5.41) is 12.9. The molecule has 4 heterocycles. The van der Waals surface area contributed by atoms with Crippen LogP contribution in [0.25, 0.3) is 48.5 Å². The quantitative estimate of drug-likeness (QED) is 0.208. The minimum Gasteiger partial charge on any atom is -0.479 e. The molecule has 0 unspecified atom stereocenters. The van der Waals surface area contributed by atoms with Crippen molar-refractivity contribution in [3.63, 3.8) is 0 Å². The molecule has 0 saturated heterocycles. The first-order chi connectivity index (χ1) is 20.4. The number of pyridine rings is 1. The van der Waals surface area contributed by atoms with Crippen LogP contribution in [0.2, 0.25) is 5.02 Å². The molecule has 2 aromatic carbocycles. The molecule has 1 N–H and O–H groups in total. The fourth-order valence-electron chi connectivity index (χ4n) is 5.81. The normalized spacial score (nSPS) is 15.3. The molecule has 0 spiro atoms. The Balaban J connectivity index is 1.55. The van der Waals surface area contributed by atoms with Crippen LogP contribution in [0.4, 0.5) is 0 Å².